The quantitative estimate of drug-likeness (QED) is 0.394. The van der Waals surface area contributed by atoms with Crippen LogP contribution in [0, 0.1) is 0 Å². The summed E-state index contributed by atoms with van der Waals surface area (Å²) in [7, 11) is 4.87. The van der Waals surface area contributed by atoms with E-state index in [1.165, 1.54) is 24.3 Å². The Hall–Kier alpha value is -0.990. The topological polar surface area (TPSA) is 29.5 Å². The van der Waals surface area contributed by atoms with E-state index >= 15 is 0 Å². The number of carbonyl (C=O) groups is 1. The van der Waals surface area contributed by atoms with Gasteiger partial charge in [-0.2, -0.15) is 0 Å². The van der Waals surface area contributed by atoms with Gasteiger partial charge in [-0.15, -0.1) is 0 Å². The van der Waals surface area contributed by atoms with Crippen LogP contribution in [0.25, 0.3) is 0 Å². The molecule has 0 aromatic carbocycles. The molecule has 0 fully saturated rings. The van der Waals surface area contributed by atoms with Crippen LogP contribution in [0.1, 0.15) is 0 Å². The zero-order valence-electron chi connectivity index (χ0n) is 5.92. The Morgan fingerprint density at radius 2 is 2.11 bits per heavy atom. The summed E-state index contributed by atoms with van der Waals surface area (Å²) in [6.07, 6.45) is 2.71. The molecule has 0 bridgehead atoms. The maximum absolute atomic E-state index is 10.7. The highest BCUT2D eigenvalue weighted by Gasteiger charge is 1.94. The molecule has 0 N–H and O–H groups in total. The Balaban J connectivity index is 3.63. The van der Waals surface area contributed by atoms with Gasteiger partial charge >= 0.3 is 0 Å². The lowest BCUT2D eigenvalue weighted by Crippen LogP contribution is -2.18. The van der Waals surface area contributed by atoms with Crippen LogP contribution in [-0.4, -0.2) is 32.0 Å². The molecular weight excluding hydrogens is 118 g/mol. The molecule has 9 heavy (non-hydrogen) atoms. The van der Waals surface area contributed by atoms with Crippen LogP contribution in [0.3, 0.4) is 0 Å². The van der Waals surface area contributed by atoms with Crippen LogP contribution >= 0.6 is 0 Å². The van der Waals surface area contributed by atoms with Crippen LogP contribution in [0.15, 0.2) is 12.3 Å². The Bertz CT molecular complexity index is 118. The molecule has 0 aromatic rings. The van der Waals surface area contributed by atoms with Crippen molar-refractivity contribution < 1.29 is 9.53 Å². The normalized spacial score (nSPS) is 9.67. The standard InChI is InChI=1S/C6H11NO2/c1-7(2)6(8)4-5-9-3/h4-5H,1-3H3/b5-4+. The minimum Gasteiger partial charge on any atom is -0.504 e. The number of ether oxygens (including phenoxy) is 1. The molecule has 0 saturated carbocycles. The van der Waals surface area contributed by atoms with Crippen molar-refractivity contribution in [2.24, 2.45) is 0 Å². The average Bonchev–Trinajstić information content (AvgIpc) is 1.82. The lowest BCUT2D eigenvalue weighted by Gasteiger charge is -2.04. The summed E-state index contributed by atoms with van der Waals surface area (Å²) in [6, 6.07) is 0. The fourth-order valence-electron chi connectivity index (χ4n) is 0.275. The van der Waals surface area contributed by atoms with Gasteiger partial charge in [0.25, 0.3) is 0 Å². The van der Waals surface area contributed by atoms with Crippen molar-refractivity contribution in [3.8, 4) is 0 Å². The fourth-order valence-corrected chi connectivity index (χ4v) is 0.275. The number of hydrogen-bond donors (Lipinski definition) is 0. The Morgan fingerprint density at radius 3 is 2.44 bits per heavy atom. The summed E-state index contributed by atoms with van der Waals surface area (Å²) < 4.78 is 4.53. The third-order valence-corrected chi connectivity index (χ3v) is 0.787. The second-order valence-corrected chi connectivity index (χ2v) is 1.77. The molecule has 0 radical (unpaired) electrons. The zero-order valence-corrected chi connectivity index (χ0v) is 5.92. The molecule has 1 amide bonds. The van der Waals surface area contributed by atoms with Crippen molar-refractivity contribution >= 4 is 5.91 Å². The predicted octanol–water partition coefficient (Wildman–Crippen LogP) is 0.235. The van der Waals surface area contributed by atoms with E-state index in [-0.39, 0.29) is 5.91 Å². The van der Waals surface area contributed by atoms with E-state index in [1.807, 2.05) is 0 Å². The van der Waals surface area contributed by atoms with Gasteiger partial charge in [0.05, 0.1) is 13.4 Å². The van der Waals surface area contributed by atoms with Crippen molar-refractivity contribution in [1.82, 2.24) is 4.90 Å². The molecule has 3 nitrogen and oxygen atoms in total. The number of hydrogen-bond acceptors (Lipinski definition) is 2. The maximum atomic E-state index is 10.7. The van der Waals surface area contributed by atoms with Gasteiger partial charge in [0.1, 0.15) is 0 Å². The second kappa shape index (κ2) is 3.95. The molecule has 0 aromatic heterocycles. The summed E-state index contributed by atoms with van der Waals surface area (Å²) in [6.45, 7) is 0. The number of carbonyl (C=O) groups excluding carboxylic acids is 1. The van der Waals surface area contributed by atoms with Crippen LogP contribution in [-0.2, 0) is 9.53 Å². The molecule has 0 aliphatic heterocycles. The van der Waals surface area contributed by atoms with E-state index in [0.717, 1.165) is 0 Å². The fraction of sp³-hybridized carbons (Fsp3) is 0.500. The largest absolute Gasteiger partial charge is 0.504 e. The Kier molecular flexibility index (Phi) is 3.51. The first kappa shape index (κ1) is 8.01. The zero-order chi connectivity index (χ0) is 7.28. The predicted molar refractivity (Wildman–Crippen MR) is 34.8 cm³/mol. The highest BCUT2D eigenvalue weighted by Crippen LogP contribution is 1.80. The van der Waals surface area contributed by atoms with Crippen LogP contribution in [0.2, 0.25) is 0 Å². The van der Waals surface area contributed by atoms with Crippen molar-refractivity contribution in [1.29, 1.82) is 0 Å². The van der Waals surface area contributed by atoms with E-state index in [1.54, 1.807) is 14.1 Å². The number of rotatable bonds is 2. The number of amides is 1. The molecule has 0 rings (SSSR count). The molecule has 0 spiro atoms. The maximum Gasteiger partial charge on any atom is 0.249 e. The van der Waals surface area contributed by atoms with Gasteiger partial charge in [-0.25, -0.2) is 0 Å². The first-order valence-corrected chi connectivity index (χ1v) is 2.59. The Labute approximate surface area is 54.9 Å². The molecule has 52 valence electrons. The lowest BCUT2D eigenvalue weighted by molar-refractivity contribution is -0.123. The van der Waals surface area contributed by atoms with Crippen molar-refractivity contribution in [3.05, 3.63) is 12.3 Å². The third-order valence-electron chi connectivity index (χ3n) is 0.787. The van der Waals surface area contributed by atoms with E-state index in [4.69, 9.17) is 0 Å². The minimum absolute atomic E-state index is 0.0724. The first-order valence-electron chi connectivity index (χ1n) is 2.59. The summed E-state index contributed by atoms with van der Waals surface area (Å²) in [5.41, 5.74) is 0. The van der Waals surface area contributed by atoms with Gasteiger partial charge in [-0.05, 0) is 0 Å². The highest BCUT2D eigenvalue weighted by molar-refractivity contribution is 5.86. The van der Waals surface area contributed by atoms with Crippen molar-refractivity contribution in [2.45, 2.75) is 0 Å². The van der Waals surface area contributed by atoms with Crippen LogP contribution in [0.5, 0.6) is 0 Å². The van der Waals surface area contributed by atoms with Crippen molar-refractivity contribution in [3.63, 3.8) is 0 Å². The van der Waals surface area contributed by atoms with Gasteiger partial charge in [0.15, 0.2) is 0 Å². The summed E-state index contributed by atoms with van der Waals surface area (Å²) >= 11 is 0. The summed E-state index contributed by atoms with van der Waals surface area (Å²) in [4.78, 5) is 12.1. The van der Waals surface area contributed by atoms with Gasteiger partial charge in [-0.1, -0.05) is 0 Å². The van der Waals surface area contributed by atoms with Gasteiger partial charge in [0, 0.05) is 20.2 Å². The monoisotopic (exact) mass is 129 g/mol. The van der Waals surface area contributed by atoms with Gasteiger partial charge < -0.3 is 9.64 Å². The van der Waals surface area contributed by atoms with Crippen LogP contribution < -0.4 is 0 Å². The molecule has 0 unspecified atom stereocenters. The first-order chi connectivity index (χ1) is 4.18. The molecular formula is C6H11NO2. The third kappa shape index (κ3) is 3.58. The smallest absolute Gasteiger partial charge is 0.249 e. The number of likely N-dealkylation sites (N-methyl/N-ethyl adjacent to an activating group) is 1. The SMILES string of the molecule is CO/C=C/C(=O)N(C)C. The highest BCUT2D eigenvalue weighted by atomic mass is 16.5. The average molecular weight is 129 g/mol. The molecule has 0 atom stereocenters. The number of nitrogens with zero attached hydrogens (tertiary/aromatic N) is 1. The van der Waals surface area contributed by atoms with E-state index < -0.39 is 0 Å². The molecule has 3 heteroatoms. The van der Waals surface area contributed by atoms with E-state index in [0.29, 0.717) is 0 Å². The van der Waals surface area contributed by atoms with E-state index in [2.05, 4.69) is 4.74 Å². The van der Waals surface area contributed by atoms with Crippen LogP contribution in [0.4, 0.5) is 0 Å². The molecule has 0 aliphatic rings. The molecule has 0 saturated heterocycles. The van der Waals surface area contributed by atoms with Crippen molar-refractivity contribution in [2.75, 3.05) is 21.2 Å². The summed E-state index contributed by atoms with van der Waals surface area (Å²) in [5, 5.41) is 0. The summed E-state index contributed by atoms with van der Waals surface area (Å²) in [5.74, 6) is -0.0724. The van der Waals surface area contributed by atoms with Gasteiger partial charge in [0.2, 0.25) is 5.91 Å². The second-order valence-electron chi connectivity index (χ2n) is 1.77. The molecule has 0 aliphatic carbocycles. The van der Waals surface area contributed by atoms with E-state index in [9.17, 15) is 4.79 Å². The van der Waals surface area contributed by atoms with Gasteiger partial charge in [-0.3, -0.25) is 4.79 Å². The lowest BCUT2D eigenvalue weighted by atomic mass is 10.5. The minimum atomic E-state index is -0.0724. The molecule has 0 heterocycles. The Morgan fingerprint density at radius 1 is 1.56 bits per heavy atom. The number of methoxy groups -OCH3 is 1.